The molecule has 0 bridgehead atoms. The molecule has 0 radical (unpaired) electrons. The Balaban J connectivity index is 1.40. The molecule has 0 unspecified atom stereocenters. The lowest BCUT2D eigenvalue weighted by Crippen LogP contribution is -2.41. The monoisotopic (exact) mass is 387 g/mol. The van der Waals surface area contributed by atoms with E-state index in [1.54, 1.807) is 24.3 Å². The molecule has 1 aliphatic heterocycles. The van der Waals surface area contributed by atoms with Gasteiger partial charge in [-0.05, 0) is 48.2 Å². The van der Waals surface area contributed by atoms with Crippen LogP contribution in [0.2, 0.25) is 0 Å². The maximum atomic E-state index is 12.9. The average Bonchev–Trinajstić information content (AvgIpc) is 2.76. The SMILES string of the molecule is N=C(NN)c1ccc(NCCCN2C(=O)c3cccc4cccc(c34)C2=O)cc1. The van der Waals surface area contributed by atoms with Crippen LogP contribution in [0.15, 0.2) is 60.7 Å². The second kappa shape index (κ2) is 7.73. The number of hydrogen-bond donors (Lipinski definition) is 4. The summed E-state index contributed by atoms with van der Waals surface area (Å²) in [5, 5.41) is 12.6. The van der Waals surface area contributed by atoms with Crippen molar-refractivity contribution >= 4 is 34.1 Å². The maximum absolute atomic E-state index is 12.9. The second-order valence-corrected chi connectivity index (χ2v) is 6.85. The van der Waals surface area contributed by atoms with E-state index in [1.807, 2.05) is 36.4 Å². The fourth-order valence-electron chi connectivity index (χ4n) is 3.59. The lowest BCUT2D eigenvalue weighted by Gasteiger charge is -2.27. The zero-order valence-corrected chi connectivity index (χ0v) is 15.7. The molecule has 0 spiro atoms. The normalized spacial score (nSPS) is 12.9. The van der Waals surface area contributed by atoms with E-state index >= 15 is 0 Å². The Bertz CT molecular complexity index is 1060. The number of carbonyl (C=O) groups is 2. The number of rotatable bonds is 6. The fourth-order valence-corrected chi connectivity index (χ4v) is 3.59. The molecule has 2 amide bonds. The number of nitrogens with one attached hydrogen (secondary N) is 3. The van der Waals surface area contributed by atoms with Crippen LogP contribution in [-0.2, 0) is 0 Å². The van der Waals surface area contributed by atoms with Gasteiger partial charge < -0.3 is 10.7 Å². The van der Waals surface area contributed by atoms with Gasteiger partial charge in [0.25, 0.3) is 11.8 Å². The van der Waals surface area contributed by atoms with Crippen molar-refractivity contribution in [2.24, 2.45) is 5.84 Å². The molecule has 146 valence electrons. The number of anilines is 1. The first-order valence-electron chi connectivity index (χ1n) is 9.37. The van der Waals surface area contributed by atoms with Crippen molar-refractivity contribution in [3.63, 3.8) is 0 Å². The summed E-state index contributed by atoms with van der Waals surface area (Å²) in [4.78, 5) is 27.0. The molecule has 7 heteroatoms. The molecule has 0 saturated heterocycles. The van der Waals surface area contributed by atoms with Crippen LogP contribution >= 0.6 is 0 Å². The van der Waals surface area contributed by atoms with E-state index in [2.05, 4.69) is 10.7 Å². The summed E-state index contributed by atoms with van der Waals surface area (Å²) in [6, 6.07) is 18.4. The van der Waals surface area contributed by atoms with Crippen molar-refractivity contribution in [2.75, 3.05) is 18.4 Å². The van der Waals surface area contributed by atoms with Gasteiger partial charge in [-0.15, -0.1) is 0 Å². The number of carbonyl (C=O) groups excluding carboxylic acids is 2. The van der Waals surface area contributed by atoms with Crippen LogP contribution in [0.4, 0.5) is 5.69 Å². The largest absolute Gasteiger partial charge is 0.385 e. The number of hydrazine groups is 1. The van der Waals surface area contributed by atoms with Crippen LogP contribution in [0, 0.1) is 5.41 Å². The van der Waals surface area contributed by atoms with Gasteiger partial charge in [-0.3, -0.25) is 19.9 Å². The molecule has 1 heterocycles. The van der Waals surface area contributed by atoms with Crippen molar-refractivity contribution in [3.05, 3.63) is 77.4 Å². The third-order valence-corrected chi connectivity index (χ3v) is 5.06. The summed E-state index contributed by atoms with van der Waals surface area (Å²) in [5.41, 5.74) is 5.05. The summed E-state index contributed by atoms with van der Waals surface area (Å²) >= 11 is 0. The Morgan fingerprint density at radius 3 is 2.14 bits per heavy atom. The summed E-state index contributed by atoms with van der Waals surface area (Å²) in [6.45, 7) is 0.948. The topological polar surface area (TPSA) is 111 Å². The molecule has 5 N–H and O–H groups in total. The van der Waals surface area contributed by atoms with Crippen molar-refractivity contribution < 1.29 is 9.59 Å². The van der Waals surface area contributed by atoms with Crippen LogP contribution < -0.4 is 16.6 Å². The molecular formula is C22H21N5O2. The average molecular weight is 387 g/mol. The lowest BCUT2D eigenvalue weighted by molar-refractivity contribution is 0.0610. The van der Waals surface area contributed by atoms with Gasteiger partial charge in [0.05, 0.1) is 0 Å². The lowest BCUT2D eigenvalue weighted by atomic mass is 9.94. The number of amides is 2. The second-order valence-electron chi connectivity index (χ2n) is 6.85. The minimum atomic E-state index is -0.239. The van der Waals surface area contributed by atoms with E-state index < -0.39 is 0 Å². The third kappa shape index (κ3) is 3.43. The van der Waals surface area contributed by atoms with Gasteiger partial charge in [-0.25, -0.2) is 5.84 Å². The van der Waals surface area contributed by atoms with E-state index in [0.717, 1.165) is 16.5 Å². The Morgan fingerprint density at radius 2 is 1.55 bits per heavy atom. The van der Waals surface area contributed by atoms with Crippen LogP contribution in [0.25, 0.3) is 10.8 Å². The minimum absolute atomic E-state index is 0.147. The Labute approximate surface area is 168 Å². The highest BCUT2D eigenvalue weighted by atomic mass is 16.2. The molecule has 0 atom stereocenters. The van der Waals surface area contributed by atoms with Gasteiger partial charge in [0.15, 0.2) is 0 Å². The highest BCUT2D eigenvalue weighted by Crippen LogP contribution is 2.29. The minimum Gasteiger partial charge on any atom is -0.385 e. The zero-order chi connectivity index (χ0) is 20.4. The quantitative estimate of drug-likeness (QED) is 0.130. The molecule has 0 aliphatic carbocycles. The third-order valence-electron chi connectivity index (χ3n) is 5.06. The molecule has 29 heavy (non-hydrogen) atoms. The first-order chi connectivity index (χ1) is 14.1. The van der Waals surface area contributed by atoms with E-state index in [1.165, 1.54) is 4.90 Å². The number of hydrogen-bond acceptors (Lipinski definition) is 5. The summed E-state index contributed by atoms with van der Waals surface area (Å²) in [5.74, 6) is 4.91. The number of benzene rings is 3. The fraction of sp³-hybridized carbons (Fsp3) is 0.136. The van der Waals surface area contributed by atoms with Gasteiger partial charge in [-0.1, -0.05) is 24.3 Å². The number of nitrogens with zero attached hydrogens (tertiary/aromatic N) is 1. The van der Waals surface area contributed by atoms with Gasteiger partial charge >= 0.3 is 0 Å². The molecule has 0 fully saturated rings. The molecule has 7 nitrogen and oxygen atoms in total. The summed E-state index contributed by atoms with van der Waals surface area (Å²) < 4.78 is 0. The zero-order valence-electron chi connectivity index (χ0n) is 15.7. The first-order valence-corrected chi connectivity index (χ1v) is 9.37. The molecule has 3 aromatic carbocycles. The van der Waals surface area contributed by atoms with E-state index in [-0.39, 0.29) is 17.6 Å². The van der Waals surface area contributed by atoms with E-state index in [9.17, 15) is 9.59 Å². The predicted octanol–water partition coefficient (Wildman–Crippen LogP) is 2.73. The standard InChI is InChI=1S/C22H21N5O2/c23-20(26-24)15-8-10-16(11-9-15)25-12-3-13-27-21(28)17-6-1-4-14-5-2-7-18(19(14)17)22(27)29/h1-2,4-11,25H,3,12-13,24H2,(H2,23,26). The predicted molar refractivity (Wildman–Crippen MR) is 113 cm³/mol. The van der Waals surface area contributed by atoms with Gasteiger partial charge in [0, 0.05) is 40.9 Å². The Morgan fingerprint density at radius 1 is 0.931 bits per heavy atom. The molecular weight excluding hydrogens is 366 g/mol. The van der Waals surface area contributed by atoms with Crippen molar-refractivity contribution in [2.45, 2.75) is 6.42 Å². The smallest absolute Gasteiger partial charge is 0.261 e. The first kappa shape index (κ1) is 18.6. The molecule has 0 aromatic heterocycles. The van der Waals surface area contributed by atoms with E-state index in [4.69, 9.17) is 11.3 Å². The van der Waals surface area contributed by atoms with Gasteiger partial charge in [0.2, 0.25) is 0 Å². The molecule has 3 aromatic rings. The highest BCUT2D eigenvalue weighted by Gasteiger charge is 2.31. The van der Waals surface area contributed by atoms with E-state index in [0.29, 0.717) is 36.2 Å². The number of amidine groups is 1. The van der Waals surface area contributed by atoms with Crippen LogP contribution in [-0.4, -0.2) is 35.6 Å². The van der Waals surface area contributed by atoms with Gasteiger partial charge in [0.1, 0.15) is 5.84 Å². The van der Waals surface area contributed by atoms with Crippen LogP contribution in [0.1, 0.15) is 32.7 Å². The van der Waals surface area contributed by atoms with Crippen molar-refractivity contribution in [3.8, 4) is 0 Å². The Hall–Kier alpha value is -3.71. The maximum Gasteiger partial charge on any atom is 0.261 e. The van der Waals surface area contributed by atoms with Gasteiger partial charge in [-0.2, -0.15) is 0 Å². The van der Waals surface area contributed by atoms with Crippen molar-refractivity contribution in [1.82, 2.24) is 10.3 Å². The van der Waals surface area contributed by atoms with Crippen molar-refractivity contribution in [1.29, 1.82) is 5.41 Å². The summed E-state index contributed by atoms with van der Waals surface area (Å²) in [7, 11) is 0. The summed E-state index contributed by atoms with van der Waals surface area (Å²) in [6.07, 6.45) is 0.623. The molecule has 4 rings (SSSR count). The van der Waals surface area contributed by atoms with Crippen LogP contribution in [0.5, 0.6) is 0 Å². The van der Waals surface area contributed by atoms with Crippen LogP contribution in [0.3, 0.4) is 0 Å². The number of nitrogens with two attached hydrogens (primary N) is 1. The Kier molecular flexibility index (Phi) is 4.97. The molecule has 1 aliphatic rings. The number of imide groups is 1. The molecule has 0 saturated carbocycles. The highest BCUT2D eigenvalue weighted by molar-refractivity contribution is 6.25.